The number of benzene rings is 2. The first kappa shape index (κ1) is 15.0. The first-order valence-corrected chi connectivity index (χ1v) is 6.61. The van der Waals surface area contributed by atoms with E-state index in [4.69, 9.17) is 5.73 Å². The fraction of sp³-hybridized carbons (Fsp3) is 0.188. The fourth-order valence-electron chi connectivity index (χ4n) is 2.05. The molecule has 2 rings (SSSR count). The van der Waals surface area contributed by atoms with Crippen LogP contribution in [0.4, 0.5) is 14.5 Å². The number of carbonyl (C=O) groups excluding carboxylic acids is 1. The molecular weight excluding hydrogens is 274 g/mol. The SMILES string of the molecule is CCN(Cc1ccccc1)C(=O)c1c(F)ccc(N)c1F. The first-order valence-electron chi connectivity index (χ1n) is 6.61. The summed E-state index contributed by atoms with van der Waals surface area (Å²) < 4.78 is 27.7. The molecule has 1 amide bonds. The summed E-state index contributed by atoms with van der Waals surface area (Å²) >= 11 is 0. The number of carbonyl (C=O) groups is 1. The van der Waals surface area contributed by atoms with Gasteiger partial charge in [0.15, 0.2) is 5.82 Å². The number of hydrogen-bond acceptors (Lipinski definition) is 2. The summed E-state index contributed by atoms with van der Waals surface area (Å²) in [6.07, 6.45) is 0. The van der Waals surface area contributed by atoms with Gasteiger partial charge in [-0.15, -0.1) is 0 Å². The lowest BCUT2D eigenvalue weighted by molar-refractivity contribution is 0.0743. The van der Waals surface area contributed by atoms with Crippen LogP contribution in [-0.2, 0) is 6.54 Å². The van der Waals surface area contributed by atoms with Crippen LogP contribution >= 0.6 is 0 Å². The zero-order valence-electron chi connectivity index (χ0n) is 11.6. The molecule has 0 fully saturated rings. The van der Waals surface area contributed by atoms with Crippen molar-refractivity contribution in [2.24, 2.45) is 0 Å². The van der Waals surface area contributed by atoms with E-state index in [-0.39, 0.29) is 12.2 Å². The van der Waals surface area contributed by atoms with Crippen LogP contribution in [-0.4, -0.2) is 17.4 Å². The quantitative estimate of drug-likeness (QED) is 0.879. The van der Waals surface area contributed by atoms with Crippen LogP contribution in [0, 0.1) is 11.6 Å². The van der Waals surface area contributed by atoms with Crippen LogP contribution in [0.2, 0.25) is 0 Å². The van der Waals surface area contributed by atoms with Crippen molar-refractivity contribution >= 4 is 11.6 Å². The second-order valence-electron chi connectivity index (χ2n) is 4.63. The van der Waals surface area contributed by atoms with E-state index in [9.17, 15) is 13.6 Å². The number of nitrogens with two attached hydrogens (primary N) is 1. The third-order valence-corrected chi connectivity index (χ3v) is 3.22. The number of amides is 1. The molecule has 0 heterocycles. The smallest absolute Gasteiger partial charge is 0.260 e. The van der Waals surface area contributed by atoms with E-state index in [0.717, 1.165) is 17.7 Å². The number of nitrogens with zero attached hydrogens (tertiary/aromatic N) is 1. The van der Waals surface area contributed by atoms with Gasteiger partial charge in [-0.2, -0.15) is 0 Å². The lowest BCUT2D eigenvalue weighted by Crippen LogP contribution is -2.32. The van der Waals surface area contributed by atoms with E-state index < -0.39 is 23.1 Å². The van der Waals surface area contributed by atoms with Gasteiger partial charge in [-0.3, -0.25) is 4.79 Å². The molecule has 2 N–H and O–H groups in total. The average molecular weight is 290 g/mol. The Morgan fingerprint density at radius 2 is 1.81 bits per heavy atom. The first-order chi connectivity index (χ1) is 10.0. The minimum Gasteiger partial charge on any atom is -0.396 e. The predicted molar refractivity (Wildman–Crippen MR) is 77.6 cm³/mol. The van der Waals surface area contributed by atoms with Crippen LogP contribution in [0.25, 0.3) is 0 Å². The number of anilines is 1. The molecule has 0 aliphatic carbocycles. The highest BCUT2D eigenvalue weighted by Gasteiger charge is 2.23. The van der Waals surface area contributed by atoms with Crippen LogP contribution < -0.4 is 5.73 Å². The van der Waals surface area contributed by atoms with Crippen molar-refractivity contribution in [3.63, 3.8) is 0 Å². The molecule has 0 aliphatic heterocycles. The normalized spacial score (nSPS) is 10.4. The van der Waals surface area contributed by atoms with Crippen LogP contribution in [0.5, 0.6) is 0 Å². The number of hydrogen-bond donors (Lipinski definition) is 1. The van der Waals surface area contributed by atoms with E-state index >= 15 is 0 Å². The van der Waals surface area contributed by atoms with Crippen LogP contribution in [0.3, 0.4) is 0 Å². The summed E-state index contributed by atoms with van der Waals surface area (Å²) in [7, 11) is 0. The third-order valence-electron chi connectivity index (χ3n) is 3.22. The molecule has 3 nitrogen and oxygen atoms in total. The summed E-state index contributed by atoms with van der Waals surface area (Å²) in [5.41, 5.74) is 5.45. The van der Waals surface area contributed by atoms with E-state index in [1.807, 2.05) is 30.3 Å². The van der Waals surface area contributed by atoms with Gasteiger partial charge in [0.2, 0.25) is 0 Å². The van der Waals surface area contributed by atoms with Crippen molar-refractivity contribution in [2.45, 2.75) is 13.5 Å². The standard InChI is InChI=1S/C16H16F2N2O/c1-2-20(10-11-6-4-3-5-7-11)16(21)14-12(17)8-9-13(19)15(14)18/h3-9H,2,10,19H2,1H3. The Bertz CT molecular complexity index is 644. The number of rotatable bonds is 4. The van der Waals surface area contributed by atoms with Crippen molar-refractivity contribution in [2.75, 3.05) is 12.3 Å². The van der Waals surface area contributed by atoms with Crippen LogP contribution in [0.1, 0.15) is 22.8 Å². The minimum atomic E-state index is -1.01. The van der Waals surface area contributed by atoms with Crippen molar-refractivity contribution in [3.05, 3.63) is 65.2 Å². The average Bonchev–Trinajstić information content (AvgIpc) is 2.50. The molecular formula is C16H16F2N2O. The Kier molecular flexibility index (Phi) is 4.52. The second kappa shape index (κ2) is 6.35. The molecule has 110 valence electrons. The zero-order chi connectivity index (χ0) is 15.4. The molecule has 0 unspecified atom stereocenters. The van der Waals surface area contributed by atoms with Gasteiger partial charge >= 0.3 is 0 Å². The Labute approximate surface area is 122 Å². The largest absolute Gasteiger partial charge is 0.396 e. The summed E-state index contributed by atoms with van der Waals surface area (Å²) in [6.45, 7) is 2.37. The van der Waals surface area contributed by atoms with Gasteiger partial charge in [0.05, 0.1) is 5.69 Å². The highest BCUT2D eigenvalue weighted by Crippen LogP contribution is 2.21. The summed E-state index contributed by atoms with van der Waals surface area (Å²) in [6, 6.07) is 11.4. The Morgan fingerprint density at radius 3 is 2.43 bits per heavy atom. The maximum absolute atomic E-state index is 13.9. The van der Waals surface area contributed by atoms with E-state index in [1.165, 1.54) is 4.90 Å². The fourth-order valence-corrected chi connectivity index (χ4v) is 2.05. The second-order valence-corrected chi connectivity index (χ2v) is 4.63. The zero-order valence-corrected chi connectivity index (χ0v) is 11.6. The van der Waals surface area contributed by atoms with Gasteiger partial charge in [0, 0.05) is 13.1 Å². The van der Waals surface area contributed by atoms with Gasteiger partial charge < -0.3 is 10.6 Å². The number of nitrogen functional groups attached to an aromatic ring is 1. The molecule has 21 heavy (non-hydrogen) atoms. The predicted octanol–water partition coefficient (Wildman–Crippen LogP) is 3.21. The maximum atomic E-state index is 13.9. The molecule has 0 radical (unpaired) electrons. The van der Waals surface area contributed by atoms with Gasteiger partial charge in [-0.1, -0.05) is 30.3 Å². The lowest BCUT2D eigenvalue weighted by Gasteiger charge is -2.22. The van der Waals surface area contributed by atoms with Gasteiger partial charge in [-0.05, 0) is 24.6 Å². The van der Waals surface area contributed by atoms with E-state index in [0.29, 0.717) is 6.54 Å². The van der Waals surface area contributed by atoms with Gasteiger partial charge in [0.25, 0.3) is 5.91 Å². The van der Waals surface area contributed by atoms with Crippen molar-refractivity contribution in [1.82, 2.24) is 4.90 Å². The maximum Gasteiger partial charge on any atom is 0.260 e. The molecule has 0 aliphatic rings. The molecule has 0 saturated carbocycles. The highest BCUT2D eigenvalue weighted by molar-refractivity contribution is 5.95. The summed E-state index contributed by atoms with van der Waals surface area (Å²) in [5, 5.41) is 0. The summed E-state index contributed by atoms with van der Waals surface area (Å²) in [4.78, 5) is 13.7. The Hall–Kier alpha value is -2.43. The molecule has 2 aromatic carbocycles. The minimum absolute atomic E-state index is 0.240. The van der Waals surface area contributed by atoms with E-state index in [1.54, 1.807) is 6.92 Å². The lowest BCUT2D eigenvalue weighted by atomic mass is 10.1. The van der Waals surface area contributed by atoms with Crippen molar-refractivity contribution in [1.29, 1.82) is 0 Å². The third kappa shape index (κ3) is 3.18. The summed E-state index contributed by atoms with van der Waals surface area (Å²) in [5.74, 6) is -2.62. The highest BCUT2D eigenvalue weighted by atomic mass is 19.1. The van der Waals surface area contributed by atoms with Crippen molar-refractivity contribution < 1.29 is 13.6 Å². The topological polar surface area (TPSA) is 46.3 Å². The number of halogens is 2. The molecule has 0 aromatic heterocycles. The van der Waals surface area contributed by atoms with E-state index in [2.05, 4.69) is 0 Å². The Balaban J connectivity index is 2.31. The monoisotopic (exact) mass is 290 g/mol. The van der Waals surface area contributed by atoms with Crippen LogP contribution in [0.15, 0.2) is 42.5 Å². The molecule has 0 saturated heterocycles. The molecule has 2 aromatic rings. The molecule has 5 heteroatoms. The molecule has 0 spiro atoms. The molecule has 0 atom stereocenters. The Morgan fingerprint density at radius 1 is 1.14 bits per heavy atom. The van der Waals surface area contributed by atoms with Crippen molar-refractivity contribution in [3.8, 4) is 0 Å². The molecule has 0 bridgehead atoms. The van der Waals surface area contributed by atoms with Gasteiger partial charge in [-0.25, -0.2) is 8.78 Å². The van der Waals surface area contributed by atoms with Gasteiger partial charge in [0.1, 0.15) is 11.4 Å².